The molecule has 2 aromatic rings. The number of aryl methyl sites for hydroxylation is 2. The molecule has 0 saturated heterocycles. The molecule has 1 unspecified atom stereocenters. The summed E-state index contributed by atoms with van der Waals surface area (Å²) < 4.78 is 29.1. The lowest BCUT2D eigenvalue weighted by atomic mass is 9.93. The molecule has 1 aliphatic carbocycles. The maximum Gasteiger partial charge on any atom is 0.212 e. The fourth-order valence-electron chi connectivity index (χ4n) is 3.30. The number of nitrogens with one attached hydrogen (secondary N) is 1. The van der Waals surface area contributed by atoms with Crippen LogP contribution in [0.2, 0.25) is 0 Å². The minimum Gasteiger partial charge on any atom is -0.237 e. The predicted octanol–water partition coefficient (Wildman–Crippen LogP) is 3.20. The Morgan fingerprint density at radius 2 is 2.08 bits per heavy atom. The molecule has 0 spiro atoms. The molecule has 0 radical (unpaired) electrons. The van der Waals surface area contributed by atoms with Crippen molar-refractivity contribution in [1.29, 1.82) is 0 Å². The van der Waals surface area contributed by atoms with Crippen LogP contribution in [-0.4, -0.2) is 24.0 Å². The molecule has 1 atom stereocenters. The van der Waals surface area contributed by atoms with Gasteiger partial charge in [0, 0.05) is 11.3 Å². The van der Waals surface area contributed by atoms with E-state index < -0.39 is 10.0 Å². The van der Waals surface area contributed by atoms with Gasteiger partial charge in [0.1, 0.15) is 0 Å². The fraction of sp³-hybridized carbons (Fsp3) is 0.500. The van der Waals surface area contributed by atoms with Gasteiger partial charge in [-0.15, -0.1) is 0 Å². The van der Waals surface area contributed by atoms with Gasteiger partial charge in [-0.3, -0.25) is 0 Å². The van der Waals surface area contributed by atoms with E-state index in [1.807, 2.05) is 17.8 Å². The van der Waals surface area contributed by atoms with Crippen LogP contribution < -0.4 is 4.72 Å². The third-order valence-electron chi connectivity index (χ3n) is 4.71. The van der Waals surface area contributed by atoms with E-state index in [9.17, 15) is 8.42 Å². The van der Waals surface area contributed by atoms with Crippen LogP contribution in [0.3, 0.4) is 0 Å². The number of fused-ring (bicyclic) bond motifs is 1. The topological polar surface area (TPSA) is 64.0 Å². The van der Waals surface area contributed by atoms with E-state index in [1.165, 1.54) is 11.1 Å². The highest BCUT2D eigenvalue weighted by molar-refractivity contribution is 7.89. The number of hydrogen-bond acceptors (Lipinski definition) is 3. The molecular weight excluding hydrogens is 322 g/mol. The van der Waals surface area contributed by atoms with E-state index in [-0.39, 0.29) is 11.8 Å². The third kappa shape index (κ3) is 3.39. The van der Waals surface area contributed by atoms with Gasteiger partial charge in [0.25, 0.3) is 0 Å². The van der Waals surface area contributed by atoms with E-state index in [0.29, 0.717) is 6.42 Å². The lowest BCUT2D eigenvalue weighted by molar-refractivity contribution is 0.501. The van der Waals surface area contributed by atoms with Gasteiger partial charge >= 0.3 is 0 Å². The van der Waals surface area contributed by atoms with Gasteiger partial charge in [-0.2, -0.15) is 5.10 Å². The number of aromatic nitrogens is 2. The molecule has 0 fully saturated rings. The smallest absolute Gasteiger partial charge is 0.212 e. The van der Waals surface area contributed by atoms with E-state index in [2.05, 4.69) is 41.9 Å². The average Bonchev–Trinajstić information content (AvgIpc) is 2.95. The Kier molecular flexibility index (Phi) is 4.78. The van der Waals surface area contributed by atoms with E-state index in [4.69, 9.17) is 0 Å². The maximum absolute atomic E-state index is 12.1. The summed E-state index contributed by atoms with van der Waals surface area (Å²) in [5, 5.41) is 4.55. The zero-order chi connectivity index (χ0) is 17.3. The van der Waals surface area contributed by atoms with Crippen LogP contribution in [0.15, 0.2) is 24.4 Å². The Balaban J connectivity index is 1.94. The zero-order valence-corrected chi connectivity index (χ0v) is 15.4. The lowest BCUT2D eigenvalue weighted by Gasteiger charge is -2.24. The number of hydrogen-bond donors (Lipinski definition) is 1. The summed E-state index contributed by atoms with van der Waals surface area (Å²) in [6.07, 6.45) is 5.16. The van der Waals surface area contributed by atoms with E-state index >= 15 is 0 Å². The second-order valence-corrected chi connectivity index (χ2v) is 8.48. The predicted molar refractivity (Wildman–Crippen MR) is 95.9 cm³/mol. The van der Waals surface area contributed by atoms with Crippen LogP contribution >= 0.6 is 0 Å². The summed E-state index contributed by atoms with van der Waals surface area (Å²) in [6.45, 7) is 6.07. The van der Waals surface area contributed by atoms with Crippen LogP contribution in [0.4, 0.5) is 0 Å². The van der Waals surface area contributed by atoms with Crippen molar-refractivity contribution in [1.82, 2.24) is 14.5 Å². The van der Waals surface area contributed by atoms with Gasteiger partial charge in [-0.25, -0.2) is 17.8 Å². The molecule has 24 heavy (non-hydrogen) atoms. The average molecular weight is 347 g/mol. The van der Waals surface area contributed by atoms with Crippen LogP contribution in [0.5, 0.6) is 0 Å². The molecule has 1 aliphatic rings. The van der Waals surface area contributed by atoms with Crippen LogP contribution in [-0.2, 0) is 16.4 Å². The van der Waals surface area contributed by atoms with Crippen molar-refractivity contribution >= 4 is 10.0 Å². The quantitative estimate of drug-likeness (QED) is 0.903. The van der Waals surface area contributed by atoms with Gasteiger partial charge in [-0.05, 0) is 62.8 Å². The molecular formula is C18H25N3O2S. The number of sulfonamides is 1. The highest BCUT2D eigenvalue weighted by atomic mass is 32.2. The minimum atomic E-state index is -3.23. The molecule has 1 N–H and O–H groups in total. The summed E-state index contributed by atoms with van der Waals surface area (Å²) in [6, 6.07) is 6.14. The van der Waals surface area contributed by atoms with Crippen LogP contribution in [0.25, 0.3) is 5.69 Å². The first-order valence-corrected chi connectivity index (χ1v) is 10.2. The molecule has 6 heteroatoms. The second kappa shape index (κ2) is 6.69. The molecule has 130 valence electrons. The molecule has 0 amide bonds. The van der Waals surface area contributed by atoms with Crippen molar-refractivity contribution in [2.75, 3.05) is 5.75 Å². The molecule has 0 bridgehead atoms. The van der Waals surface area contributed by atoms with Crippen molar-refractivity contribution in [2.24, 2.45) is 0 Å². The molecule has 0 aliphatic heterocycles. The Morgan fingerprint density at radius 1 is 1.29 bits per heavy atom. The maximum atomic E-state index is 12.1. The number of rotatable bonds is 5. The lowest BCUT2D eigenvalue weighted by Crippen LogP contribution is -2.32. The second-order valence-electron chi connectivity index (χ2n) is 6.61. The van der Waals surface area contributed by atoms with Crippen LogP contribution in [0, 0.1) is 13.8 Å². The normalized spacial score (nSPS) is 17.7. The molecule has 1 heterocycles. The van der Waals surface area contributed by atoms with Gasteiger partial charge in [0.15, 0.2) is 0 Å². The molecule has 1 aromatic heterocycles. The van der Waals surface area contributed by atoms with Gasteiger partial charge < -0.3 is 0 Å². The minimum absolute atomic E-state index is 0.161. The molecule has 3 rings (SSSR count). The first-order chi connectivity index (χ1) is 11.4. The van der Waals surface area contributed by atoms with Gasteiger partial charge in [0.05, 0.1) is 23.7 Å². The summed E-state index contributed by atoms with van der Waals surface area (Å²) in [7, 11) is -3.23. The summed E-state index contributed by atoms with van der Waals surface area (Å²) in [5.74, 6) is 0.171. The summed E-state index contributed by atoms with van der Waals surface area (Å²) in [5.41, 5.74) is 5.65. The fourth-order valence-corrected chi connectivity index (χ4v) is 4.64. The first-order valence-electron chi connectivity index (χ1n) is 8.55. The van der Waals surface area contributed by atoms with Crippen molar-refractivity contribution in [3.05, 3.63) is 46.8 Å². The first kappa shape index (κ1) is 17.2. The van der Waals surface area contributed by atoms with Crippen molar-refractivity contribution in [3.8, 4) is 5.69 Å². The van der Waals surface area contributed by atoms with E-state index in [1.54, 1.807) is 0 Å². The Hall–Kier alpha value is -1.66. The number of benzene rings is 1. The van der Waals surface area contributed by atoms with E-state index in [0.717, 1.165) is 36.2 Å². The number of nitrogens with zero attached hydrogens (tertiary/aromatic N) is 2. The third-order valence-corrected chi connectivity index (χ3v) is 6.30. The standard InChI is InChI=1S/C18H25N3O2S/c1-4-10-24(22,23)20-17-6-5-7-18-16(17)12-19-21(18)15-9-8-13(2)14(3)11-15/h8-9,11-12,17,20H,4-7,10H2,1-3H3. The Bertz CT molecular complexity index is 840. The van der Waals surface area contributed by atoms with Crippen LogP contribution in [0.1, 0.15) is 54.6 Å². The molecule has 5 nitrogen and oxygen atoms in total. The Labute approximate surface area is 144 Å². The van der Waals surface area contributed by atoms with Gasteiger partial charge in [-0.1, -0.05) is 13.0 Å². The van der Waals surface area contributed by atoms with Crippen molar-refractivity contribution in [3.63, 3.8) is 0 Å². The summed E-state index contributed by atoms with van der Waals surface area (Å²) in [4.78, 5) is 0. The Morgan fingerprint density at radius 3 is 2.79 bits per heavy atom. The molecule has 0 saturated carbocycles. The SMILES string of the molecule is CCCS(=O)(=O)NC1CCCc2c1cnn2-c1ccc(C)c(C)c1. The highest BCUT2D eigenvalue weighted by Gasteiger charge is 2.27. The zero-order valence-electron chi connectivity index (χ0n) is 14.5. The monoisotopic (exact) mass is 347 g/mol. The van der Waals surface area contributed by atoms with Gasteiger partial charge in [0.2, 0.25) is 10.0 Å². The van der Waals surface area contributed by atoms with Crippen molar-refractivity contribution in [2.45, 2.75) is 52.5 Å². The largest absolute Gasteiger partial charge is 0.237 e. The summed E-state index contributed by atoms with van der Waals surface area (Å²) >= 11 is 0. The molecule has 1 aromatic carbocycles. The van der Waals surface area contributed by atoms with Crippen molar-refractivity contribution < 1.29 is 8.42 Å². The highest BCUT2D eigenvalue weighted by Crippen LogP contribution is 2.32.